The third-order valence-electron chi connectivity index (χ3n) is 4.57. The Balaban J connectivity index is 2.03. The van der Waals surface area contributed by atoms with Gasteiger partial charge in [0.05, 0.1) is 6.04 Å². The highest BCUT2D eigenvalue weighted by Gasteiger charge is 2.13. The summed E-state index contributed by atoms with van der Waals surface area (Å²) < 4.78 is 2.26. The monoisotopic (exact) mass is 319 g/mol. The summed E-state index contributed by atoms with van der Waals surface area (Å²) in [5.41, 5.74) is 5.43. The van der Waals surface area contributed by atoms with Crippen molar-refractivity contribution >= 4 is 22.4 Å². The van der Waals surface area contributed by atoms with Gasteiger partial charge >= 0.3 is 5.97 Å². The van der Waals surface area contributed by atoms with Gasteiger partial charge in [-0.2, -0.15) is 0 Å². The van der Waals surface area contributed by atoms with Crippen molar-refractivity contribution in [3.63, 3.8) is 0 Å². The smallest absolute Gasteiger partial charge is 0.328 e. The predicted molar refractivity (Wildman–Crippen MR) is 98.2 cm³/mol. The molecule has 3 aromatic rings. The zero-order valence-electron chi connectivity index (χ0n) is 14.2. The maximum atomic E-state index is 10.8. The molecule has 3 rings (SSSR count). The number of allylic oxidation sites excluding steroid dienone is 1. The van der Waals surface area contributed by atoms with Crippen molar-refractivity contribution in [1.82, 2.24) is 4.57 Å². The van der Waals surface area contributed by atoms with E-state index in [2.05, 4.69) is 61.0 Å². The van der Waals surface area contributed by atoms with Crippen molar-refractivity contribution in [1.29, 1.82) is 0 Å². The first kappa shape index (κ1) is 16.1. The van der Waals surface area contributed by atoms with Gasteiger partial charge in [0.25, 0.3) is 0 Å². The molecular weight excluding hydrogens is 298 g/mol. The maximum Gasteiger partial charge on any atom is 0.328 e. The zero-order valence-corrected chi connectivity index (χ0v) is 14.2. The Morgan fingerprint density at radius 1 is 1.17 bits per heavy atom. The number of benzene rings is 2. The third-order valence-corrected chi connectivity index (χ3v) is 4.57. The Morgan fingerprint density at radius 3 is 2.62 bits per heavy atom. The minimum Gasteiger partial charge on any atom is -0.478 e. The van der Waals surface area contributed by atoms with Crippen LogP contribution in [0, 0.1) is 6.92 Å². The first-order valence-electron chi connectivity index (χ1n) is 8.05. The number of fused-ring (bicyclic) bond motifs is 1. The lowest BCUT2D eigenvalue weighted by atomic mass is 10.0. The van der Waals surface area contributed by atoms with Gasteiger partial charge in [0.15, 0.2) is 0 Å². The number of rotatable bonds is 4. The lowest BCUT2D eigenvalue weighted by molar-refractivity contribution is -0.131. The number of aliphatic carboxylic acids is 1. The molecule has 0 bridgehead atoms. The van der Waals surface area contributed by atoms with Crippen LogP contribution in [-0.2, 0) is 4.79 Å². The first-order valence-corrected chi connectivity index (χ1v) is 8.05. The van der Waals surface area contributed by atoms with Gasteiger partial charge in [0, 0.05) is 23.2 Å². The van der Waals surface area contributed by atoms with Gasteiger partial charge in [-0.1, -0.05) is 30.3 Å². The Labute approximate surface area is 141 Å². The highest BCUT2D eigenvalue weighted by Crippen LogP contribution is 2.28. The second-order valence-electron chi connectivity index (χ2n) is 6.19. The van der Waals surface area contributed by atoms with Gasteiger partial charge in [-0.25, -0.2) is 4.79 Å². The number of carboxylic acids is 1. The van der Waals surface area contributed by atoms with Crippen molar-refractivity contribution in [2.24, 2.45) is 0 Å². The van der Waals surface area contributed by atoms with Crippen molar-refractivity contribution in [3.05, 3.63) is 77.5 Å². The highest BCUT2D eigenvalue weighted by molar-refractivity contribution is 5.92. The molecule has 0 spiro atoms. The minimum atomic E-state index is -0.918. The fourth-order valence-corrected chi connectivity index (χ4v) is 3.22. The molecule has 0 amide bonds. The SMILES string of the molecule is CC(=CC(=O)O)c1ccc2c(ccn2C(C)c2ccccc2C)c1. The molecule has 0 aliphatic carbocycles. The van der Waals surface area contributed by atoms with Crippen LogP contribution in [0.2, 0.25) is 0 Å². The lowest BCUT2D eigenvalue weighted by Gasteiger charge is -2.18. The molecule has 1 aromatic heterocycles. The molecule has 0 saturated heterocycles. The maximum absolute atomic E-state index is 10.8. The van der Waals surface area contributed by atoms with Crippen molar-refractivity contribution in [2.45, 2.75) is 26.8 Å². The van der Waals surface area contributed by atoms with Crippen LogP contribution in [0.5, 0.6) is 0 Å². The van der Waals surface area contributed by atoms with E-state index in [-0.39, 0.29) is 6.04 Å². The molecule has 0 saturated carbocycles. The lowest BCUT2D eigenvalue weighted by Crippen LogP contribution is -2.06. The van der Waals surface area contributed by atoms with Crippen LogP contribution < -0.4 is 0 Å². The van der Waals surface area contributed by atoms with Crippen LogP contribution >= 0.6 is 0 Å². The average Bonchev–Trinajstić information content (AvgIpc) is 2.97. The third kappa shape index (κ3) is 2.98. The molecule has 3 nitrogen and oxygen atoms in total. The molecule has 24 heavy (non-hydrogen) atoms. The van der Waals surface area contributed by atoms with E-state index in [9.17, 15) is 4.79 Å². The van der Waals surface area contributed by atoms with Crippen LogP contribution in [0.1, 0.15) is 36.6 Å². The molecular formula is C21H21NO2. The van der Waals surface area contributed by atoms with E-state index in [0.29, 0.717) is 0 Å². The van der Waals surface area contributed by atoms with Gasteiger partial charge in [0.1, 0.15) is 0 Å². The highest BCUT2D eigenvalue weighted by atomic mass is 16.4. The van der Waals surface area contributed by atoms with Crippen molar-refractivity contribution < 1.29 is 9.90 Å². The Bertz CT molecular complexity index is 934. The summed E-state index contributed by atoms with van der Waals surface area (Å²) in [6.07, 6.45) is 3.34. The molecule has 1 N–H and O–H groups in total. The summed E-state index contributed by atoms with van der Waals surface area (Å²) >= 11 is 0. The van der Waals surface area contributed by atoms with E-state index in [1.807, 2.05) is 19.1 Å². The van der Waals surface area contributed by atoms with Crippen molar-refractivity contribution in [3.8, 4) is 0 Å². The normalized spacial score (nSPS) is 13.2. The van der Waals surface area contributed by atoms with Gasteiger partial charge in [-0.05, 0) is 61.2 Å². The Morgan fingerprint density at radius 2 is 1.92 bits per heavy atom. The molecule has 1 unspecified atom stereocenters. The number of carbonyl (C=O) groups is 1. The molecule has 0 radical (unpaired) electrons. The fraction of sp³-hybridized carbons (Fsp3) is 0.190. The summed E-state index contributed by atoms with van der Waals surface area (Å²) in [5.74, 6) is -0.918. The standard InChI is InChI=1S/C21H21NO2/c1-14-6-4-5-7-19(14)16(3)22-11-10-18-13-17(8-9-20(18)22)15(2)12-21(23)24/h4-13,16H,1-3H3,(H,23,24). The summed E-state index contributed by atoms with van der Waals surface area (Å²) in [7, 11) is 0. The van der Waals surface area contributed by atoms with Gasteiger partial charge in [-0.15, -0.1) is 0 Å². The van der Waals surface area contributed by atoms with Crippen molar-refractivity contribution in [2.75, 3.05) is 0 Å². The van der Waals surface area contributed by atoms with Crippen LogP contribution in [0.3, 0.4) is 0 Å². The molecule has 2 aromatic carbocycles. The Kier molecular flexibility index (Phi) is 4.26. The molecule has 0 fully saturated rings. The number of aryl methyl sites for hydroxylation is 1. The quantitative estimate of drug-likeness (QED) is 0.684. The fourth-order valence-electron chi connectivity index (χ4n) is 3.22. The number of nitrogens with zero attached hydrogens (tertiary/aromatic N) is 1. The van der Waals surface area contributed by atoms with E-state index >= 15 is 0 Å². The molecule has 3 heteroatoms. The molecule has 1 atom stereocenters. The number of hydrogen-bond donors (Lipinski definition) is 1. The van der Waals surface area contributed by atoms with Gasteiger partial charge < -0.3 is 9.67 Å². The summed E-state index contributed by atoms with van der Waals surface area (Å²) in [6, 6.07) is 16.9. The van der Waals surface area contributed by atoms with Crippen LogP contribution in [0.15, 0.2) is 60.8 Å². The first-order chi connectivity index (χ1) is 11.5. The minimum absolute atomic E-state index is 0.241. The molecule has 0 aliphatic rings. The predicted octanol–water partition coefficient (Wildman–Crippen LogP) is 5.05. The summed E-state index contributed by atoms with van der Waals surface area (Å²) in [6.45, 7) is 6.16. The van der Waals surface area contributed by atoms with E-state index in [1.165, 1.54) is 17.2 Å². The van der Waals surface area contributed by atoms with E-state index in [4.69, 9.17) is 5.11 Å². The number of carboxylic acid groups (broad SMARTS) is 1. The van der Waals surface area contributed by atoms with E-state index < -0.39 is 5.97 Å². The van der Waals surface area contributed by atoms with Crippen LogP contribution in [0.25, 0.3) is 16.5 Å². The Hall–Kier alpha value is -2.81. The number of hydrogen-bond acceptors (Lipinski definition) is 1. The topological polar surface area (TPSA) is 42.2 Å². The number of aromatic nitrogens is 1. The van der Waals surface area contributed by atoms with E-state index in [1.54, 1.807) is 0 Å². The van der Waals surface area contributed by atoms with E-state index in [0.717, 1.165) is 22.0 Å². The largest absolute Gasteiger partial charge is 0.478 e. The van der Waals surface area contributed by atoms with Crippen LogP contribution in [0.4, 0.5) is 0 Å². The molecule has 122 valence electrons. The molecule has 1 heterocycles. The second-order valence-corrected chi connectivity index (χ2v) is 6.19. The zero-order chi connectivity index (χ0) is 17.3. The summed E-state index contributed by atoms with van der Waals surface area (Å²) in [4.78, 5) is 10.8. The molecule has 0 aliphatic heterocycles. The van der Waals surface area contributed by atoms with Gasteiger partial charge in [-0.3, -0.25) is 0 Å². The average molecular weight is 319 g/mol. The summed E-state index contributed by atoms with van der Waals surface area (Å²) in [5, 5.41) is 10.0. The van der Waals surface area contributed by atoms with Crippen LogP contribution in [-0.4, -0.2) is 15.6 Å². The van der Waals surface area contributed by atoms with Gasteiger partial charge in [0.2, 0.25) is 0 Å². The second kappa shape index (κ2) is 6.36.